The van der Waals surface area contributed by atoms with Crippen molar-refractivity contribution >= 4 is 58.0 Å². The van der Waals surface area contributed by atoms with Gasteiger partial charge in [0.25, 0.3) is 0 Å². The fraction of sp³-hybridized carbons (Fsp3) is 0.200. The van der Waals surface area contributed by atoms with Gasteiger partial charge in [0.15, 0.2) is 0 Å². The molecule has 0 aliphatic heterocycles. The van der Waals surface area contributed by atoms with Gasteiger partial charge in [-0.3, -0.25) is 0 Å². The third kappa shape index (κ3) is 3.72. The van der Waals surface area contributed by atoms with Crippen molar-refractivity contribution in [1.82, 2.24) is 0 Å². The maximum atomic E-state index is 6.49. The first-order chi connectivity index (χ1) is 9.95. The first kappa shape index (κ1) is 17.1. The molecule has 0 aliphatic rings. The smallest absolute Gasteiger partial charge is 0.139 e. The summed E-state index contributed by atoms with van der Waals surface area (Å²) in [5, 5.41) is 1.18. The molecule has 0 amide bonds. The second kappa shape index (κ2) is 7.30. The van der Waals surface area contributed by atoms with Gasteiger partial charge in [0.1, 0.15) is 5.75 Å². The summed E-state index contributed by atoms with van der Waals surface area (Å²) in [5.41, 5.74) is 1.32. The summed E-state index contributed by atoms with van der Waals surface area (Å²) < 4.78 is 5.39. The second-order valence-corrected chi connectivity index (χ2v) is 6.28. The van der Waals surface area contributed by atoms with Crippen molar-refractivity contribution in [1.29, 1.82) is 0 Å². The molecule has 0 N–H and O–H groups in total. The van der Waals surface area contributed by atoms with E-state index < -0.39 is 5.38 Å². The number of hydrogen-bond acceptors (Lipinski definition) is 1. The van der Waals surface area contributed by atoms with Gasteiger partial charge in [0, 0.05) is 11.1 Å². The topological polar surface area (TPSA) is 9.23 Å². The predicted octanol–water partition coefficient (Wildman–Crippen LogP) is 7.03. The lowest BCUT2D eigenvalue weighted by molar-refractivity contribution is 0.340. The van der Waals surface area contributed by atoms with Crippen LogP contribution in [-0.2, 0) is 0 Å². The van der Waals surface area contributed by atoms with Gasteiger partial charge in [-0.05, 0) is 30.2 Å². The van der Waals surface area contributed by atoms with Crippen molar-refractivity contribution in [2.75, 3.05) is 6.61 Å². The zero-order chi connectivity index (χ0) is 15.6. The van der Waals surface area contributed by atoms with Gasteiger partial charge < -0.3 is 4.74 Å². The summed E-state index contributed by atoms with van der Waals surface area (Å²) in [4.78, 5) is 0. The van der Waals surface area contributed by atoms with E-state index in [1.165, 1.54) is 0 Å². The van der Waals surface area contributed by atoms with E-state index >= 15 is 0 Å². The number of ether oxygens (including phenoxy) is 1. The van der Waals surface area contributed by atoms with Crippen molar-refractivity contribution in [2.45, 2.75) is 12.3 Å². The first-order valence-corrected chi connectivity index (χ1v) is 8.10. The van der Waals surface area contributed by atoms with Crippen LogP contribution in [0.3, 0.4) is 0 Å². The van der Waals surface area contributed by atoms with Gasteiger partial charge in [0.05, 0.1) is 27.1 Å². The van der Waals surface area contributed by atoms with Gasteiger partial charge in [-0.2, -0.15) is 0 Å². The van der Waals surface area contributed by atoms with E-state index in [1.807, 2.05) is 6.92 Å². The minimum atomic E-state index is -0.558. The SMILES string of the molecule is CCOc1cc(Cl)c(C(Cl)c2cccc(Cl)c2Cl)cc1Cl. The molecular formula is C15H11Cl5O. The molecule has 6 heteroatoms. The Bertz CT molecular complexity index is 657. The van der Waals surface area contributed by atoms with E-state index in [1.54, 1.807) is 30.3 Å². The molecule has 0 bridgehead atoms. The van der Waals surface area contributed by atoms with Crippen LogP contribution in [0.2, 0.25) is 20.1 Å². The highest BCUT2D eigenvalue weighted by molar-refractivity contribution is 6.43. The highest BCUT2D eigenvalue weighted by atomic mass is 35.5. The molecule has 0 spiro atoms. The number of rotatable bonds is 4. The van der Waals surface area contributed by atoms with Crippen LogP contribution in [0.1, 0.15) is 23.4 Å². The number of hydrogen-bond donors (Lipinski definition) is 0. The molecule has 2 aromatic carbocycles. The van der Waals surface area contributed by atoms with Crippen molar-refractivity contribution in [3.63, 3.8) is 0 Å². The van der Waals surface area contributed by atoms with Crippen LogP contribution in [0.4, 0.5) is 0 Å². The lowest BCUT2D eigenvalue weighted by Crippen LogP contribution is -1.98. The zero-order valence-electron chi connectivity index (χ0n) is 11.0. The Morgan fingerprint density at radius 2 is 1.67 bits per heavy atom. The minimum Gasteiger partial charge on any atom is -0.492 e. The average Bonchev–Trinajstić information content (AvgIpc) is 2.45. The summed E-state index contributed by atoms with van der Waals surface area (Å²) in [6, 6.07) is 8.61. The van der Waals surface area contributed by atoms with Crippen molar-refractivity contribution < 1.29 is 4.74 Å². The van der Waals surface area contributed by atoms with Gasteiger partial charge in [-0.15, -0.1) is 11.6 Å². The van der Waals surface area contributed by atoms with Crippen LogP contribution in [0.15, 0.2) is 30.3 Å². The minimum absolute atomic E-state index is 0.403. The number of benzene rings is 2. The molecule has 0 fully saturated rings. The lowest BCUT2D eigenvalue weighted by Gasteiger charge is -2.16. The molecule has 0 radical (unpaired) electrons. The van der Waals surface area contributed by atoms with Crippen molar-refractivity contribution in [2.24, 2.45) is 0 Å². The van der Waals surface area contributed by atoms with Crippen molar-refractivity contribution in [3.05, 3.63) is 61.5 Å². The Kier molecular flexibility index (Phi) is 5.93. The normalized spacial score (nSPS) is 12.3. The number of alkyl halides is 1. The molecule has 0 aliphatic carbocycles. The zero-order valence-corrected chi connectivity index (χ0v) is 14.7. The average molecular weight is 385 g/mol. The van der Waals surface area contributed by atoms with Crippen LogP contribution in [-0.4, -0.2) is 6.61 Å². The Morgan fingerprint density at radius 3 is 2.33 bits per heavy atom. The fourth-order valence-electron chi connectivity index (χ4n) is 1.89. The molecule has 0 heterocycles. The third-order valence-electron chi connectivity index (χ3n) is 2.88. The van der Waals surface area contributed by atoms with Gasteiger partial charge in [-0.1, -0.05) is 58.5 Å². The molecule has 1 nitrogen and oxygen atoms in total. The molecule has 1 unspecified atom stereocenters. The summed E-state index contributed by atoms with van der Waals surface area (Å²) in [6.45, 7) is 2.37. The maximum Gasteiger partial charge on any atom is 0.139 e. The maximum absolute atomic E-state index is 6.49. The van der Waals surface area contributed by atoms with Crippen LogP contribution < -0.4 is 4.74 Å². The third-order valence-corrected chi connectivity index (χ3v) is 4.81. The molecular weight excluding hydrogens is 373 g/mol. The Hall–Kier alpha value is -0.310. The van der Waals surface area contributed by atoms with Crippen LogP contribution in [0.25, 0.3) is 0 Å². The molecule has 0 saturated carbocycles. The van der Waals surface area contributed by atoms with Gasteiger partial charge in [0.2, 0.25) is 0 Å². The van der Waals surface area contributed by atoms with E-state index in [0.29, 0.717) is 43.6 Å². The molecule has 1 atom stereocenters. The van der Waals surface area contributed by atoms with Crippen LogP contribution in [0.5, 0.6) is 5.75 Å². The van der Waals surface area contributed by atoms with E-state index in [0.717, 1.165) is 0 Å². The first-order valence-electron chi connectivity index (χ1n) is 6.15. The van der Waals surface area contributed by atoms with Crippen molar-refractivity contribution in [3.8, 4) is 5.75 Å². The predicted molar refractivity (Wildman–Crippen MR) is 91.8 cm³/mol. The molecule has 2 rings (SSSR count). The summed E-state index contributed by atoms with van der Waals surface area (Å²) >= 11 is 31.2. The standard InChI is InChI=1S/C15H11Cl5O/c1-2-21-13-7-11(17)9(6-12(13)18)14(19)8-4-3-5-10(16)15(8)20/h3-7,14H,2H2,1H3. The monoisotopic (exact) mass is 382 g/mol. The highest BCUT2D eigenvalue weighted by Crippen LogP contribution is 2.42. The Balaban J connectivity index is 2.46. The second-order valence-electron chi connectivity index (χ2n) is 4.24. The van der Waals surface area contributed by atoms with Gasteiger partial charge >= 0.3 is 0 Å². The van der Waals surface area contributed by atoms with Crippen LogP contribution >= 0.6 is 58.0 Å². The molecule has 0 aromatic heterocycles. The Morgan fingerprint density at radius 1 is 0.952 bits per heavy atom. The summed E-state index contributed by atoms with van der Waals surface area (Å²) in [6.07, 6.45) is 0. The lowest BCUT2D eigenvalue weighted by atomic mass is 10.0. The highest BCUT2D eigenvalue weighted by Gasteiger charge is 2.20. The summed E-state index contributed by atoms with van der Waals surface area (Å²) in [7, 11) is 0. The molecule has 21 heavy (non-hydrogen) atoms. The largest absolute Gasteiger partial charge is 0.492 e. The number of halogens is 5. The quantitative estimate of drug-likeness (QED) is 0.514. The van der Waals surface area contributed by atoms with E-state index in [9.17, 15) is 0 Å². The Labute approximate surface area is 148 Å². The van der Waals surface area contributed by atoms with Crippen LogP contribution in [0, 0.1) is 0 Å². The fourth-order valence-corrected chi connectivity index (χ4v) is 3.27. The van der Waals surface area contributed by atoms with E-state index in [2.05, 4.69) is 0 Å². The molecule has 112 valence electrons. The molecule has 0 saturated heterocycles. The molecule has 2 aromatic rings. The van der Waals surface area contributed by atoms with Gasteiger partial charge in [-0.25, -0.2) is 0 Å². The van der Waals surface area contributed by atoms with E-state index in [4.69, 9.17) is 62.7 Å². The summed E-state index contributed by atoms with van der Waals surface area (Å²) in [5.74, 6) is 0.522. The van der Waals surface area contributed by atoms with E-state index in [-0.39, 0.29) is 0 Å².